The van der Waals surface area contributed by atoms with Crippen LogP contribution in [0, 0.1) is 11.3 Å². The normalized spacial score (nSPS) is 11.0. The van der Waals surface area contributed by atoms with Crippen LogP contribution in [0.1, 0.15) is 15.9 Å². The van der Waals surface area contributed by atoms with E-state index in [1.807, 2.05) is 42.5 Å². The Kier molecular flexibility index (Phi) is 4.77. The van der Waals surface area contributed by atoms with Crippen LogP contribution in [-0.2, 0) is 4.79 Å². The molecular formula is C21H14N2O3. The van der Waals surface area contributed by atoms with E-state index in [0.717, 1.165) is 10.8 Å². The Morgan fingerprint density at radius 1 is 0.962 bits per heavy atom. The first kappa shape index (κ1) is 16.9. The number of carboxylic acids is 1. The number of anilines is 1. The molecule has 0 saturated heterocycles. The largest absolute Gasteiger partial charge is 0.478 e. The van der Waals surface area contributed by atoms with Crippen molar-refractivity contribution >= 4 is 34.4 Å². The van der Waals surface area contributed by atoms with E-state index in [-0.39, 0.29) is 11.1 Å². The van der Waals surface area contributed by atoms with Crippen molar-refractivity contribution in [2.24, 2.45) is 0 Å². The number of fused-ring (bicyclic) bond motifs is 1. The summed E-state index contributed by atoms with van der Waals surface area (Å²) in [6.45, 7) is 0. The number of hydrogen-bond donors (Lipinski definition) is 2. The van der Waals surface area contributed by atoms with Gasteiger partial charge in [-0.3, -0.25) is 4.79 Å². The fourth-order valence-electron chi connectivity index (χ4n) is 2.50. The first-order chi connectivity index (χ1) is 12.6. The zero-order valence-electron chi connectivity index (χ0n) is 13.6. The Balaban J connectivity index is 1.81. The van der Waals surface area contributed by atoms with Gasteiger partial charge in [0.1, 0.15) is 11.6 Å². The van der Waals surface area contributed by atoms with Crippen molar-refractivity contribution in [2.75, 3.05) is 5.32 Å². The molecule has 2 N–H and O–H groups in total. The van der Waals surface area contributed by atoms with E-state index in [0.29, 0.717) is 11.3 Å². The lowest BCUT2D eigenvalue weighted by Gasteiger charge is -2.06. The maximum atomic E-state index is 12.4. The highest BCUT2D eigenvalue weighted by Crippen LogP contribution is 2.19. The Morgan fingerprint density at radius 2 is 1.65 bits per heavy atom. The van der Waals surface area contributed by atoms with Gasteiger partial charge in [0, 0.05) is 5.69 Å². The minimum atomic E-state index is -1.03. The Labute approximate surface area is 149 Å². The number of rotatable bonds is 4. The third kappa shape index (κ3) is 3.77. The zero-order valence-corrected chi connectivity index (χ0v) is 13.6. The summed E-state index contributed by atoms with van der Waals surface area (Å²) in [7, 11) is 0. The summed E-state index contributed by atoms with van der Waals surface area (Å²) < 4.78 is 0. The molecule has 0 fully saturated rings. The van der Waals surface area contributed by atoms with Gasteiger partial charge in [0.25, 0.3) is 5.91 Å². The van der Waals surface area contributed by atoms with Crippen molar-refractivity contribution in [1.29, 1.82) is 5.26 Å². The molecule has 3 aromatic rings. The van der Waals surface area contributed by atoms with Crippen molar-refractivity contribution in [2.45, 2.75) is 0 Å². The van der Waals surface area contributed by atoms with Gasteiger partial charge >= 0.3 is 5.97 Å². The van der Waals surface area contributed by atoms with Gasteiger partial charge in [-0.2, -0.15) is 5.26 Å². The molecule has 126 valence electrons. The number of nitrogens with one attached hydrogen (secondary N) is 1. The van der Waals surface area contributed by atoms with Gasteiger partial charge in [-0.05, 0) is 46.7 Å². The van der Waals surface area contributed by atoms with Crippen LogP contribution in [0.2, 0.25) is 0 Å². The summed E-state index contributed by atoms with van der Waals surface area (Å²) >= 11 is 0. The molecule has 0 saturated carbocycles. The van der Waals surface area contributed by atoms with Crippen LogP contribution >= 0.6 is 0 Å². The van der Waals surface area contributed by atoms with Crippen LogP contribution in [0.3, 0.4) is 0 Å². The SMILES string of the molecule is N#C/C(=C\c1ccc(C(=O)O)cc1)C(=O)Nc1ccc2ccccc2c1. The average Bonchev–Trinajstić information content (AvgIpc) is 2.66. The van der Waals surface area contributed by atoms with E-state index >= 15 is 0 Å². The fourth-order valence-corrected chi connectivity index (χ4v) is 2.50. The number of benzene rings is 3. The minimum Gasteiger partial charge on any atom is -0.478 e. The number of nitriles is 1. The molecule has 0 bridgehead atoms. The number of carbonyl (C=O) groups is 2. The molecule has 5 nitrogen and oxygen atoms in total. The van der Waals surface area contributed by atoms with Crippen molar-refractivity contribution in [3.8, 4) is 6.07 Å². The lowest BCUT2D eigenvalue weighted by molar-refractivity contribution is -0.112. The maximum absolute atomic E-state index is 12.4. The van der Waals surface area contributed by atoms with Gasteiger partial charge in [-0.1, -0.05) is 42.5 Å². The van der Waals surface area contributed by atoms with Crippen LogP contribution in [0.5, 0.6) is 0 Å². The van der Waals surface area contributed by atoms with Crippen LogP contribution in [-0.4, -0.2) is 17.0 Å². The number of amides is 1. The molecule has 26 heavy (non-hydrogen) atoms. The predicted molar refractivity (Wildman–Crippen MR) is 99.6 cm³/mol. The van der Waals surface area contributed by atoms with E-state index in [1.54, 1.807) is 18.2 Å². The maximum Gasteiger partial charge on any atom is 0.335 e. The summed E-state index contributed by atoms with van der Waals surface area (Å²) in [5, 5.41) is 22.9. The van der Waals surface area contributed by atoms with E-state index in [4.69, 9.17) is 5.11 Å². The van der Waals surface area contributed by atoms with Gasteiger partial charge in [0.2, 0.25) is 0 Å². The second-order valence-electron chi connectivity index (χ2n) is 5.61. The van der Waals surface area contributed by atoms with Crippen LogP contribution < -0.4 is 5.32 Å². The number of hydrogen-bond acceptors (Lipinski definition) is 3. The molecule has 0 unspecified atom stereocenters. The first-order valence-corrected chi connectivity index (χ1v) is 7.82. The molecule has 5 heteroatoms. The summed E-state index contributed by atoms with van der Waals surface area (Å²) in [4.78, 5) is 23.2. The van der Waals surface area contributed by atoms with Crippen LogP contribution in [0.4, 0.5) is 5.69 Å². The minimum absolute atomic E-state index is 0.0683. The number of nitrogens with zero attached hydrogens (tertiary/aromatic N) is 1. The Hall–Kier alpha value is -3.91. The second kappa shape index (κ2) is 7.32. The molecular weight excluding hydrogens is 328 g/mol. The van der Waals surface area contributed by atoms with E-state index in [9.17, 15) is 14.9 Å². The molecule has 0 spiro atoms. The molecule has 3 aromatic carbocycles. The van der Waals surface area contributed by atoms with Crippen LogP contribution in [0.15, 0.2) is 72.3 Å². The fraction of sp³-hybridized carbons (Fsp3) is 0. The lowest BCUT2D eigenvalue weighted by Crippen LogP contribution is -2.13. The molecule has 0 aliphatic heterocycles. The molecule has 3 rings (SSSR count). The summed E-state index contributed by atoms with van der Waals surface area (Å²) in [5.74, 6) is -1.56. The third-order valence-corrected chi connectivity index (χ3v) is 3.84. The van der Waals surface area contributed by atoms with Gasteiger partial charge < -0.3 is 10.4 Å². The molecule has 1 amide bonds. The highest BCUT2D eigenvalue weighted by Gasteiger charge is 2.10. The number of carbonyl (C=O) groups excluding carboxylic acids is 1. The highest BCUT2D eigenvalue weighted by molar-refractivity contribution is 6.10. The van der Waals surface area contributed by atoms with Crippen molar-refractivity contribution in [3.63, 3.8) is 0 Å². The lowest BCUT2D eigenvalue weighted by atomic mass is 10.1. The average molecular weight is 342 g/mol. The van der Waals surface area contributed by atoms with Gasteiger partial charge in [-0.25, -0.2) is 4.79 Å². The van der Waals surface area contributed by atoms with Gasteiger partial charge in [0.15, 0.2) is 0 Å². The summed E-state index contributed by atoms with van der Waals surface area (Å²) in [6, 6.07) is 21.1. The summed E-state index contributed by atoms with van der Waals surface area (Å²) in [5.41, 5.74) is 1.23. The zero-order chi connectivity index (χ0) is 18.5. The van der Waals surface area contributed by atoms with Crippen molar-refractivity contribution in [1.82, 2.24) is 0 Å². The number of carboxylic acid groups (broad SMARTS) is 1. The van der Waals surface area contributed by atoms with Gasteiger partial charge in [-0.15, -0.1) is 0 Å². The number of aromatic carboxylic acids is 1. The quantitative estimate of drug-likeness (QED) is 0.552. The van der Waals surface area contributed by atoms with Crippen molar-refractivity contribution < 1.29 is 14.7 Å². The van der Waals surface area contributed by atoms with Gasteiger partial charge in [0.05, 0.1) is 5.56 Å². The second-order valence-corrected chi connectivity index (χ2v) is 5.61. The topological polar surface area (TPSA) is 90.2 Å². The Bertz CT molecular complexity index is 1060. The molecule has 0 aromatic heterocycles. The molecule has 0 radical (unpaired) electrons. The van der Waals surface area contributed by atoms with E-state index < -0.39 is 11.9 Å². The molecule has 0 heterocycles. The van der Waals surface area contributed by atoms with Crippen molar-refractivity contribution in [3.05, 3.63) is 83.4 Å². The van der Waals surface area contributed by atoms with E-state index in [2.05, 4.69) is 5.32 Å². The third-order valence-electron chi connectivity index (χ3n) is 3.84. The highest BCUT2D eigenvalue weighted by atomic mass is 16.4. The van der Waals surface area contributed by atoms with E-state index in [1.165, 1.54) is 18.2 Å². The standard InChI is InChI=1S/C21H14N2O3/c22-13-18(11-14-5-7-16(8-6-14)21(25)26)20(24)23-19-10-9-15-3-1-2-4-17(15)12-19/h1-12H,(H,23,24)(H,25,26)/b18-11+. The smallest absolute Gasteiger partial charge is 0.335 e. The Morgan fingerprint density at radius 3 is 2.31 bits per heavy atom. The molecule has 0 atom stereocenters. The monoisotopic (exact) mass is 342 g/mol. The van der Waals surface area contributed by atoms with Crippen LogP contribution in [0.25, 0.3) is 16.8 Å². The molecule has 0 aliphatic rings. The summed E-state index contributed by atoms with van der Waals surface area (Å²) in [6.07, 6.45) is 1.42. The predicted octanol–water partition coefficient (Wildman–Crippen LogP) is 4.08. The first-order valence-electron chi connectivity index (χ1n) is 7.82. The molecule has 0 aliphatic carbocycles.